The van der Waals surface area contributed by atoms with E-state index in [9.17, 15) is 18.6 Å². The summed E-state index contributed by atoms with van der Waals surface area (Å²) in [6, 6.07) is 4.23. The largest absolute Gasteiger partial charge is 0.508 e. The standard InChI is InChI=1S/C17H20O4S/c1-9-8-16(17(19)13(5)10(9)2)22(20,21)15-7-6-14(18)11(3)12(15)4/h6-8,18-19H,1-5H3. The Bertz CT molecular complexity index is 865. The third kappa shape index (κ3) is 2.35. The van der Waals surface area contributed by atoms with E-state index in [4.69, 9.17) is 0 Å². The van der Waals surface area contributed by atoms with Crippen molar-refractivity contribution >= 4 is 9.84 Å². The van der Waals surface area contributed by atoms with Gasteiger partial charge in [-0.05, 0) is 80.6 Å². The molecule has 22 heavy (non-hydrogen) atoms. The molecule has 0 aromatic heterocycles. The fourth-order valence-electron chi connectivity index (χ4n) is 2.43. The minimum atomic E-state index is -3.86. The van der Waals surface area contributed by atoms with Crippen molar-refractivity contribution < 1.29 is 18.6 Å². The Labute approximate surface area is 131 Å². The van der Waals surface area contributed by atoms with Crippen molar-refractivity contribution in [2.45, 2.75) is 44.4 Å². The molecule has 4 nitrogen and oxygen atoms in total. The Balaban J connectivity index is 2.80. The number of phenolic OH excluding ortho intramolecular Hbond substituents is 2. The molecule has 2 aromatic carbocycles. The lowest BCUT2D eigenvalue weighted by Crippen LogP contribution is -2.07. The van der Waals surface area contributed by atoms with E-state index in [1.165, 1.54) is 18.2 Å². The van der Waals surface area contributed by atoms with Crippen molar-refractivity contribution in [3.05, 3.63) is 46.0 Å². The molecule has 0 aliphatic heterocycles. The number of aromatic hydroxyl groups is 2. The summed E-state index contributed by atoms with van der Waals surface area (Å²) in [6.45, 7) is 8.67. The van der Waals surface area contributed by atoms with Gasteiger partial charge in [0.15, 0.2) is 0 Å². The van der Waals surface area contributed by atoms with Gasteiger partial charge in [0.2, 0.25) is 9.84 Å². The van der Waals surface area contributed by atoms with Crippen LogP contribution in [0.3, 0.4) is 0 Å². The average molecular weight is 320 g/mol. The number of hydrogen-bond acceptors (Lipinski definition) is 4. The van der Waals surface area contributed by atoms with Crippen LogP contribution in [-0.2, 0) is 9.84 Å². The maximum Gasteiger partial charge on any atom is 0.210 e. The third-order valence-corrected chi connectivity index (χ3v) is 6.29. The van der Waals surface area contributed by atoms with Gasteiger partial charge in [0.1, 0.15) is 16.4 Å². The summed E-state index contributed by atoms with van der Waals surface area (Å²) < 4.78 is 25.8. The molecule has 5 heteroatoms. The molecule has 2 rings (SSSR count). The second kappa shape index (κ2) is 5.32. The van der Waals surface area contributed by atoms with Crippen molar-refractivity contribution in [2.24, 2.45) is 0 Å². The Morgan fingerprint density at radius 1 is 0.773 bits per heavy atom. The lowest BCUT2D eigenvalue weighted by atomic mass is 10.0. The topological polar surface area (TPSA) is 74.6 Å². The van der Waals surface area contributed by atoms with Gasteiger partial charge < -0.3 is 10.2 Å². The molecule has 0 aliphatic carbocycles. The van der Waals surface area contributed by atoms with Crippen molar-refractivity contribution in [1.29, 1.82) is 0 Å². The number of phenols is 2. The zero-order chi connectivity index (χ0) is 16.8. The van der Waals surface area contributed by atoms with Crippen molar-refractivity contribution in [3.63, 3.8) is 0 Å². The van der Waals surface area contributed by atoms with Gasteiger partial charge in [-0.25, -0.2) is 8.42 Å². The first-order chi connectivity index (χ1) is 10.1. The number of aryl methyl sites for hydroxylation is 1. The highest BCUT2D eigenvalue weighted by Crippen LogP contribution is 2.37. The lowest BCUT2D eigenvalue weighted by molar-refractivity contribution is 0.453. The van der Waals surface area contributed by atoms with Crippen molar-refractivity contribution in [1.82, 2.24) is 0 Å². The van der Waals surface area contributed by atoms with E-state index in [-0.39, 0.29) is 21.3 Å². The second-order valence-corrected chi connectivity index (χ2v) is 7.51. The molecule has 0 fully saturated rings. The fourth-order valence-corrected chi connectivity index (χ4v) is 4.21. The molecular weight excluding hydrogens is 300 g/mol. The third-order valence-electron chi connectivity index (χ3n) is 4.38. The van der Waals surface area contributed by atoms with Gasteiger partial charge in [-0.2, -0.15) is 0 Å². The highest BCUT2D eigenvalue weighted by atomic mass is 32.2. The zero-order valence-corrected chi connectivity index (χ0v) is 14.2. The molecule has 0 radical (unpaired) electrons. The maximum absolute atomic E-state index is 12.9. The number of rotatable bonds is 2. The minimum Gasteiger partial charge on any atom is -0.508 e. The van der Waals surface area contributed by atoms with E-state index in [1.807, 2.05) is 13.8 Å². The highest BCUT2D eigenvalue weighted by Gasteiger charge is 2.26. The molecule has 0 saturated carbocycles. The molecule has 0 bridgehead atoms. The van der Waals surface area contributed by atoms with Gasteiger partial charge in [-0.3, -0.25) is 0 Å². The van der Waals surface area contributed by atoms with E-state index in [1.54, 1.807) is 20.8 Å². The molecule has 2 aromatic rings. The molecule has 0 atom stereocenters. The molecule has 0 unspecified atom stereocenters. The SMILES string of the molecule is Cc1cc(S(=O)(=O)c2ccc(O)c(C)c2C)c(O)c(C)c1C. The van der Waals surface area contributed by atoms with Gasteiger partial charge in [0, 0.05) is 0 Å². The van der Waals surface area contributed by atoms with Crippen LogP contribution in [0, 0.1) is 34.6 Å². The maximum atomic E-state index is 12.9. The van der Waals surface area contributed by atoms with E-state index in [0.29, 0.717) is 16.7 Å². The summed E-state index contributed by atoms with van der Waals surface area (Å²) in [5.41, 5.74) is 3.24. The van der Waals surface area contributed by atoms with Crippen molar-refractivity contribution in [3.8, 4) is 11.5 Å². The van der Waals surface area contributed by atoms with Crippen LogP contribution in [0.5, 0.6) is 11.5 Å². The van der Waals surface area contributed by atoms with Crippen LogP contribution in [-0.4, -0.2) is 18.6 Å². The molecule has 2 N–H and O–H groups in total. The number of sulfone groups is 1. The van der Waals surface area contributed by atoms with Crippen LogP contribution >= 0.6 is 0 Å². The summed E-state index contributed by atoms with van der Waals surface area (Å²) >= 11 is 0. The number of hydrogen-bond donors (Lipinski definition) is 2. The first-order valence-electron chi connectivity index (χ1n) is 6.93. The van der Waals surface area contributed by atoms with Crippen LogP contribution in [0.2, 0.25) is 0 Å². The van der Waals surface area contributed by atoms with Crippen LogP contribution in [0.4, 0.5) is 0 Å². The number of benzene rings is 2. The van der Waals surface area contributed by atoms with Gasteiger partial charge in [0.05, 0.1) is 4.90 Å². The van der Waals surface area contributed by atoms with Crippen LogP contribution < -0.4 is 0 Å². The summed E-state index contributed by atoms with van der Waals surface area (Å²) in [5.74, 6) is -0.162. The summed E-state index contributed by atoms with van der Waals surface area (Å²) in [6.07, 6.45) is 0. The van der Waals surface area contributed by atoms with Gasteiger partial charge in [-0.15, -0.1) is 0 Å². The Hall–Kier alpha value is -2.01. The summed E-state index contributed by atoms with van der Waals surface area (Å²) in [7, 11) is -3.86. The summed E-state index contributed by atoms with van der Waals surface area (Å²) in [4.78, 5) is 0.00189. The molecule has 0 aliphatic rings. The molecular formula is C17H20O4S. The second-order valence-electron chi connectivity index (χ2n) is 5.63. The van der Waals surface area contributed by atoms with Crippen LogP contribution in [0.15, 0.2) is 28.0 Å². The predicted molar refractivity (Wildman–Crippen MR) is 85.4 cm³/mol. The quantitative estimate of drug-likeness (QED) is 0.888. The van der Waals surface area contributed by atoms with E-state index < -0.39 is 9.84 Å². The molecule has 0 spiro atoms. The average Bonchev–Trinajstić information content (AvgIpc) is 2.46. The first-order valence-corrected chi connectivity index (χ1v) is 8.41. The van der Waals surface area contributed by atoms with E-state index in [0.717, 1.165) is 11.1 Å². The molecule has 0 amide bonds. The fraction of sp³-hybridized carbons (Fsp3) is 0.294. The highest BCUT2D eigenvalue weighted by molar-refractivity contribution is 7.91. The monoisotopic (exact) mass is 320 g/mol. The van der Waals surface area contributed by atoms with Crippen LogP contribution in [0.1, 0.15) is 27.8 Å². The molecule has 0 saturated heterocycles. The smallest absolute Gasteiger partial charge is 0.210 e. The minimum absolute atomic E-state index is 0.0527. The van der Waals surface area contributed by atoms with Gasteiger partial charge in [0.25, 0.3) is 0 Å². The lowest BCUT2D eigenvalue weighted by Gasteiger charge is -2.15. The predicted octanol–water partition coefficient (Wildman–Crippen LogP) is 3.47. The molecule has 118 valence electrons. The summed E-state index contributed by atoms with van der Waals surface area (Å²) in [5, 5.41) is 20.0. The zero-order valence-electron chi connectivity index (χ0n) is 13.4. The molecule has 0 heterocycles. The normalized spacial score (nSPS) is 11.7. The van der Waals surface area contributed by atoms with E-state index >= 15 is 0 Å². The Morgan fingerprint density at radius 2 is 1.36 bits per heavy atom. The van der Waals surface area contributed by atoms with Crippen LogP contribution in [0.25, 0.3) is 0 Å². The van der Waals surface area contributed by atoms with E-state index in [2.05, 4.69) is 0 Å². The Morgan fingerprint density at radius 3 is 1.95 bits per heavy atom. The first kappa shape index (κ1) is 16.4. The van der Waals surface area contributed by atoms with Crippen molar-refractivity contribution in [2.75, 3.05) is 0 Å². The van der Waals surface area contributed by atoms with Gasteiger partial charge >= 0.3 is 0 Å². The van der Waals surface area contributed by atoms with Gasteiger partial charge in [-0.1, -0.05) is 0 Å². The Kier molecular flexibility index (Phi) is 3.96.